The molecule has 7 nitrogen and oxygen atoms in total. The normalized spacial score (nSPS) is 15.5. The summed E-state index contributed by atoms with van der Waals surface area (Å²) in [4.78, 5) is 36.7. The molecule has 0 saturated carbocycles. The molecule has 0 atom stereocenters. The Kier molecular flexibility index (Phi) is 6.15. The summed E-state index contributed by atoms with van der Waals surface area (Å²) < 4.78 is 10.6. The fraction of sp³-hybridized carbons (Fsp3) is 0.423. The maximum atomic E-state index is 13.3. The van der Waals surface area contributed by atoms with Gasteiger partial charge in [0.1, 0.15) is 11.4 Å². The minimum absolute atomic E-state index is 0.0602. The summed E-state index contributed by atoms with van der Waals surface area (Å²) in [6, 6.07) is 9.86. The maximum absolute atomic E-state index is 13.3. The van der Waals surface area contributed by atoms with Gasteiger partial charge in [-0.25, -0.2) is 9.78 Å². The second kappa shape index (κ2) is 8.89. The minimum Gasteiger partial charge on any atom is -0.491 e. The molecule has 1 fully saturated rings. The molecule has 0 unspecified atom stereocenters. The largest absolute Gasteiger partial charge is 0.491 e. The Morgan fingerprint density at radius 2 is 1.91 bits per heavy atom. The summed E-state index contributed by atoms with van der Waals surface area (Å²) >= 11 is 0. The fourth-order valence-corrected chi connectivity index (χ4v) is 4.40. The predicted molar refractivity (Wildman–Crippen MR) is 130 cm³/mol. The monoisotopic (exact) mass is 449 g/mol. The number of para-hydroxylation sites is 1. The number of methoxy groups -OCH3 is 1. The van der Waals surface area contributed by atoms with Gasteiger partial charge in [-0.2, -0.15) is 0 Å². The molecule has 7 heteroatoms. The lowest BCUT2D eigenvalue weighted by atomic mass is 9.82. The number of nitrogens with one attached hydrogen (secondary N) is 1. The van der Waals surface area contributed by atoms with E-state index in [2.05, 4.69) is 23.7 Å². The van der Waals surface area contributed by atoms with Gasteiger partial charge in [0.15, 0.2) is 5.75 Å². The quantitative estimate of drug-likeness (QED) is 0.568. The van der Waals surface area contributed by atoms with E-state index in [-0.39, 0.29) is 23.3 Å². The van der Waals surface area contributed by atoms with Crippen LogP contribution in [0.15, 0.2) is 35.1 Å². The second-order valence-corrected chi connectivity index (χ2v) is 9.29. The number of aromatic nitrogens is 2. The van der Waals surface area contributed by atoms with Crippen LogP contribution in [0, 0.1) is 12.3 Å². The Hall–Kier alpha value is -3.35. The number of aromatic amines is 1. The number of aryl methyl sites for hydroxylation is 1. The van der Waals surface area contributed by atoms with Crippen LogP contribution >= 0.6 is 0 Å². The van der Waals surface area contributed by atoms with Crippen molar-refractivity contribution in [2.45, 2.75) is 40.5 Å². The van der Waals surface area contributed by atoms with Crippen molar-refractivity contribution >= 4 is 22.7 Å². The first-order valence-corrected chi connectivity index (χ1v) is 11.4. The van der Waals surface area contributed by atoms with Crippen LogP contribution in [-0.2, 0) is 4.74 Å². The third-order valence-corrected chi connectivity index (χ3v) is 6.41. The Morgan fingerprint density at radius 3 is 2.58 bits per heavy atom. The third-order valence-electron chi connectivity index (χ3n) is 6.41. The van der Waals surface area contributed by atoms with Gasteiger partial charge in [0.2, 0.25) is 5.43 Å². The van der Waals surface area contributed by atoms with Gasteiger partial charge in [0.25, 0.3) is 0 Å². The first-order valence-electron chi connectivity index (χ1n) is 11.4. The molecule has 0 radical (unpaired) electrons. The summed E-state index contributed by atoms with van der Waals surface area (Å²) in [5.41, 5.74) is 2.26. The molecule has 3 heterocycles. The molecule has 0 bridgehead atoms. The molecule has 0 amide bonds. The number of rotatable bonds is 5. The molecule has 0 aliphatic carbocycles. The number of piperidine rings is 1. The fourth-order valence-electron chi connectivity index (χ4n) is 4.40. The molecule has 1 aliphatic rings. The highest BCUT2D eigenvalue weighted by Gasteiger charge is 2.30. The third kappa shape index (κ3) is 4.32. The van der Waals surface area contributed by atoms with Crippen molar-refractivity contribution in [3.05, 3.63) is 51.8 Å². The van der Waals surface area contributed by atoms with E-state index >= 15 is 0 Å². The van der Waals surface area contributed by atoms with Crippen molar-refractivity contribution in [1.82, 2.24) is 9.97 Å². The van der Waals surface area contributed by atoms with E-state index in [1.807, 2.05) is 30.3 Å². The Labute approximate surface area is 193 Å². The van der Waals surface area contributed by atoms with Gasteiger partial charge in [0.05, 0.1) is 30.6 Å². The molecule has 4 rings (SSSR count). The first kappa shape index (κ1) is 22.8. The molecule has 33 heavy (non-hydrogen) atoms. The van der Waals surface area contributed by atoms with E-state index in [4.69, 9.17) is 14.5 Å². The number of ether oxygens (including phenoxy) is 2. The lowest BCUT2D eigenvalue weighted by molar-refractivity contribution is 0.0525. The summed E-state index contributed by atoms with van der Waals surface area (Å²) in [6.45, 7) is 9.90. The molecule has 1 N–H and O–H groups in total. The van der Waals surface area contributed by atoms with E-state index < -0.39 is 11.4 Å². The Balaban J connectivity index is 1.99. The molecule has 1 aliphatic heterocycles. The average Bonchev–Trinajstić information content (AvgIpc) is 2.78. The molecule has 1 aromatic carbocycles. The Morgan fingerprint density at radius 1 is 1.21 bits per heavy atom. The minimum atomic E-state index is -0.675. The van der Waals surface area contributed by atoms with Gasteiger partial charge in [-0.15, -0.1) is 0 Å². The van der Waals surface area contributed by atoms with Crippen molar-refractivity contribution in [2.75, 3.05) is 31.7 Å². The number of nitrogens with zero attached hydrogens (tertiary/aromatic N) is 2. The standard InChI is InChI=1S/C26H31N3O4/c1-6-33-25(31)20-21(27-16(2)23(32-5)22(20)30)18-15-17-9-7-8-10-19(17)28-24(18)29-13-11-26(3,4)12-14-29/h7-10,15H,6,11-14H2,1-5H3,(H,27,30). The number of hydrogen-bond donors (Lipinski definition) is 1. The zero-order valence-corrected chi connectivity index (χ0v) is 19.9. The number of pyridine rings is 2. The number of H-pyrrole nitrogens is 1. The highest BCUT2D eigenvalue weighted by atomic mass is 16.5. The maximum Gasteiger partial charge on any atom is 0.344 e. The molecular weight excluding hydrogens is 418 g/mol. The molecule has 1 saturated heterocycles. The number of anilines is 1. The molecule has 174 valence electrons. The van der Waals surface area contributed by atoms with E-state index in [0.29, 0.717) is 17.0 Å². The summed E-state index contributed by atoms with van der Waals surface area (Å²) in [6.07, 6.45) is 2.06. The zero-order chi connectivity index (χ0) is 23.8. The molecule has 3 aromatic rings. The zero-order valence-electron chi connectivity index (χ0n) is 19.9. The van der Waals surface area contributed by atoms with Crippen molar-refractivity contribution < 1.29 is 14.3 Å². The van der Waals surface area contributed by atoms with Crippen LogP contribution in [0.2, 0.25) is 0 Å². The molecular formula is C26H31N3O4. The number of carbonyl (C=O) groups is 1. The first-order chi connectivity index (χ1) is 15.8. The van der Waals surface area contributed by atoms with Crippen LogP contribution in [0.4, 0.5) is 5.82 Å². The van der Waals surface area contributed by atoms with Crippen LogP contribution in [0.3, 0.4) is 0 Å². The molecule has 2 aromatic heterocycles. The number of benzene rings is 1. The van der Waals surface area contributed by atoms with Crippen LogP contribution in [0.1, 0.15) is 49.7 Å². The van der Waals surface area contributed by atoms with E-state index in [1.165, 1.54) is 7.11 Å². The van der Waals surface area contributed by atoms with Gasteiger partial charge < -0.3 is 19.4 Å². The topological polar surface area (TPSA) is 84.5 Å². The number of carbonyl (C=O) groups excluding carboxylic acids is 1. The van der Waals surface area contributed by atoms with Crippen molar-refractivity contribution in [3.8, 4) is 17.0 Å². The van der Waals surface area contributed by atoms with Crippen LogP contribution in [0.5, 0.6) is 5.75 Å². The highest BCUT2D eigenvalue weighted by molar-refractivity contribution is 6.00. The van der Waals surface area contributed by atoms with Crippen molar-refractivity contribution in [1.29, 1.82) is 0 Å². The Bertz CT molecular complexity index is 1250. The van der Waals surface area contributed by atoms with Crippen LogP contribution in [0.25, 0.3) is 22.2 Å². The van der Waals surface area contributed by atoms with Gasteiger partial charge in [-0.1, -0.05) is 32.0 Å². The molecule has 0 spiro atoms. The van der Waals surface area contributed by atoms with Crippen LogP contribution in [-0.4, -0.2) is 42.7 Å². The lowest BCUT2D eigenvalue weighted by Crippen LogP contribution is -2.38. The van der Waals surface area contributed by atoms with Gasteiger partial charge in [-0.05, 0) is 44.2 Å². The highest BCUT2D eigenvalue weighted by Crippen LogP contribution is 2.38. The van der Waals surface area contributed by atoms with Crippen LogP contribution < -0.4 is 15.1 Å². The van der Waals surface area contributed by atoms with E-state index in [1.54, 1.807) is 13.8 Å². The number of esters is 1. The predicted octanol–water partition coefficient (Wildman–Crippen LogP) is 4.71. The number of fused-ring (bicyclic) bond motifs is 1. The van der Waals surface area contributed by atoms with Gasteiger partial charge in [0, 0.05) is 24.0 Å². The van der Waals surface area contributed by atoms with Gasteiger partial charge >= 0.3 is 5.97 Å². The average molecular weight is 450 g/mol. The lowest BCUT2D eigenvalue weighted by Gasteiger charge is -2.38. The SMILES string of the molecule is CCOC(=O)c1c(-c2cc3ccccc3nc2N2CCC(C)(C)CC2)[nH]c(C)c(OC)c1=O. The second-order valence-electron chi connectivity index (χ2n) is 9.29. The number of hydrogen-bond acceptors (Lipinski definition) is 6. The van der Waals surface area contributed by atoms with Crippen molar-refractivity contribution in [2.24, 2.45) is 5.41 Å². The van der Waals surface area contributed by atoms with Gasteiger partial charge in [-0.3, -0.25) is 4.79 Å². The van der Waals surface area contributed by atoms with E-state index in [0.717, 1.165) is 42.7 Å². The van der Waals surface area contributed by atoms with Crippen molar-refractivity contribution in [3.63, 3.8) is 0 Å². The summed E-state index contributed by atoms with van der Waals surface area (Å²) in [7, 11) is 1.42. The summed E-state index contributed by atoms with van der Waals surface area (Å²) in [5, 5.41) is 0.928. The van der Waals surface area contributed by atoms with E-state index in [9.17, 15) is 9.59 Å². The summed E-state index contributed by atoms with van der Waals surface area (Å²) in [5.74, 6) is 0.192. The smallest absolute Gasteiger partial charge is 0.344 e.